The summed E-state index contributed by atoms with van der Waals surface area (Å²) in [6.45, 7) is 1.98. The largest absolute Gasteiger partial charge is 0.461 e. The van der Waals surface area contributed by atoms with E-state index in [0.717, 1.165) is 35.6 Å². The zero-order valence-electron chi connectivity index (χ0n) is 18.0. The van der Waals surface area contributed by atoms with Crippen molar-refractivity contribution in [3.63, 3.8) is 0 Å². The third-order valence-corrected chi connectivity index (χ3v) is 6.18. The van der Waals surface area contributed by atoms with Gasteiger partial charge in [0.15, 0.2) is 11.5 Å². The van der Waals surface area contributed by atoms with Crippen molar-refractivity contribution < 1.29 is 33.5 Å². The first kappa shape index (κ1) is 21.4. The number of benzene rings is 3. The molecule has 0 saturated heterocycles. The number of hydrogen-bond acceptors (Lipinski definition) is 8. The van der Waals surface area contributed by atoms with E-state index in [1.165, 1.54) is 12.1 Å². The molecule has 9 nitrogen and oxygen atoms in total. The first-order valence-corrected chi connectivity index (χ1v) is 10.4. The molecule has 1 aliphatic carbocycles. The van der Waals surface area contributed by atoms with E-state index in [-0.39, 0.29) is 41.9 Å². The van der Waals surface area contributed by atoms with E-state index < -0.39 is 16.6 Å². The van der Waals surface area contributed by atoms with E-state index in [9.17, 15) is 19.7 Å². The summed E-state index contributed by atoms with van der Waals surface area (Å²) in [6, 6.07) is 18.4. The van der Waals surface area contributed by atoms with Gasteiger partial charge in [0.25, 0.3) is 0 Å². The summed E-state index contributed by atoms with van der Waals surface area (Å²) >= 11 is 0. The Morgan fingerprint density at radius 3 is 2.35 bits per heavy atom. The Morgan fingerprint density at radius 1 is 1.09 bits per heavy atom. The SMILES string of the molecule is CC(O[C]=O)(c1ccc2c(c1C(=O)OCC1c3ccccc3-c3ccccc31)OCO2)[N+](=O)[O-]. The zero-order chi connectivity index (χ0) is 23.9. The van der Waals surface area contributed by atoms with Gasteiger partial charge in [0.2, 0.25) is 6.79 Å². The Balaban J connectivity index is 1.51. The van der Waals surface area contributed by atoms with Gasteiger partial charge in [0, 0.05) is 5.92 Å². The number of esters is 1. The van der Waals surface area contributed by atoms with Gasteiger partial charge in [0.05, 0.1) is 17.4 Å². The second-order valence-corrected chi connectivity index (χ2v) is 7.97. The van der Waals surface area contributed by atoms with E-state index in [0.29, 0.717) is 0 Å². The topological polar surface area (TPSA) is 114 Å². The molecule has 0 amide bonds. The van der Waals surface area contributed by atoms with Gasteiger partial charge in [-0.3, -0.25) is 10.1 Å². The summed E-state index contributed by atoms with van der Waals surface area (Å²) in [5, 5.41) is 11.8. The maximum absolute atomic E-state index is 13.3. The summed E-state index contributed by atoms with van der Waals surface area (Å²) in [5.41, 5.74) is 1.34. The van der Waals surface area contributed by atoms with Gasteiger partial charge in [0.1, 0.15) is 12.2 Å². The van der Waals surface area contributed by atoms with Gasteiger partial charge in [-0.2, -0.15) is 0 Å². The lowest BCUT2D eigenvalue weighted by molar-refractivity contribution is -0.625. The van der Waals surface area contributed by atoms with Crippen LogP contribution in [0.25, 0.3) is 11.1 Å². The van der Waals surface area contributed by atoms with Gasteiger partial charge in [-0.25, -0.2) is 9.59 Å². The molecule has 1 radical (unpaired) electrons. The highest BCUT2D eigenvalue weighted by atomic mass is 16.7. The van der Waals surface area contributed by atoms with E-state index in [1.807, 2.05) is 48.5 Å². The third kappa shape index (κ3) is 3.24. The van der Waals surface area contributed by atoms with E-state index in [4.69, 9.17) is 14.2 Å². The highest BCUT2D eigenvalue weighted by Gasteiger charge is 2.48. The molecular weight excluding hydrogens is 442 g/mol. The second-order valence-electron chi connectivity index (χ2n) is 7.97. The summed E-state index contributed by atoms with van der Waals surface area (Å²) in [5.74, 6) is -0.845. The smallest absolute Gasteiger partial charge is 0.423 e. The molecule has 34 heavy (non-hydrogen) atoms. The van der Waals surface area contributed by atoms with Crippen molar-refractivity contribution in [2.24, 2.45) is 0 Å². The molecule has 0 fully saturated rings. The summed E-state index contributed by atoms with van der Waals surface area (Å²) in [6.07, 6.45) is 0. The molecule has 0 bridgehead atoms. The molecule has 1 unspecified atom stereocenters. The van der Waals surface area contributed by atoms with E-state index in [2.05, 4.69) is 4.74 Å². The second kappa shape index (κ2) is 8.18. The minimum absolute atomic E-state index is 0.00250. The van der Waals surface area contributed by atoms with Crippen molar-refractivity contribution in [1.82, 2.24) is 0 Å². The molecule has 0 spiro atoms. The number of nitrogens with zero attached hydrogens (tertiary/aromatic N) is 1. The molecule has 1 heterocycles. The Morgan fingerprint density at radius 2 is 1.74 bits per heavy atom. The van der Waals surface area contributed by atoms with Crippen molar-refractivity contribution in [2.45, 2.75) is 18.6 Å². The van der Waals surface area contributed by atoms with Crippen LogP contribution in [0.1, 0.15) is 39.9 Å². The molecule has 3 aromatic carbocycles. The van der Waals surface area contributed by atoms with Gasteiger partial charge < -0.3 is 18.9 Å². The van der Waals surface area contributed by atoms with Gasteiger partial charge in [-0.15, -0.1) is 0 Å². The number of carbonyl (C=O) groups excluding carboxylic acids is 2. The number of hydrogen-bond donors (Lipinski definition) is 0. The minimum atomic E-state index is -2.39. The summed E-state index contributed by atoms with van der Waals surface area (Å²) in [7, 11) is 0. The van der Waals surface area contributed by atoms with Crippen LogP contribution in [0.15, 0.2) is 60.7 Å². The Kier molecular flexibility index (Phi) is 5.16. The van der Waals surface area contributed by atoms with Crippen LogP contribution in [-0.4, -0.2) is 30.8 Å². The standard InChI is InChI=1S/C25H18NO8/c1-25(26(29)30,34-13-27)20-10-11-21-23(33-14-32-21)22(20)24(28)31-12-19-17-8-4-2-6-15(17)16-7-3-5-9-18(16)19/h2-11,19H,12,14H2,1H3. The normalized spacial score (nSPS) is 15.1. The van der Waals surface area contributed by atoms with Crippen molar-refractivity contribution in [3.8, 4) is 22.6 Å². The highest BCUT2D eigenvalue weighted by molar-refractivity contribution is 5.96. The average molecular weight is 460 g/mol. The molecule has 5 rings (SSSR count). The molecule has 3 aromatic rings. The third-order valence-electron chi connectivity index (χ3n) is 6.18. The van der Waals surface area contributed by atoms with Crippen molar-refractivity contribution in [1.29, 1.82) is 0 Å². The van der Waals surface area contributed by atoms with Crippen LogP contribution < -0.4 is 9.47 Å². The summed E-state index contributed by atoms with van der Waals surface area (Å²) in [4.78, 5) is 35.2. The average Bonchev–Trinajstić information content (AvgIpc) is 3.44. The lowest BCUT2D eigenvalue weighted by Crippen LogP contribution is -2.36. The first-order valence-electron chi connectivity index (χ1n) is 10.4. The summed E-state index contributed by atoms with van der Waals surface area (Å²) < 4.78 is 21.1. The predicted molar refractivity (Wildman–Crippen MR) is 118 cm³/mol. The van der Waals surface area contributed by atoms with Crippen LogP contribution in [-0.2, 0) is 20.0 Å². The van der Waals surface area contributed by atoms with Crippen molar-refractivity contribution >= 4 is 12.4 Å². The Bertz CT molecular complexity index is 1270. The predicted octanol–water partition coefficient (Wildman–Crippen LogP) is 3.92. The molecule has 1 aliphatic heterocycles. The van der Waals surface area contributed by atoms with Gasteiger partial charge in [-0.1, -0.05) is 48.5 Å². The van der Waals surface area contributed by atoms with E-state index >= 15 is 0 Å². The van der Waals surface area contributed by atoms with Crippen LogP contribution in [0.5, 0.6) is 11.5 Å². The molecule has 1 atom stereocenters. The molecular formula is C25H18NO8. The number of nitro groups is 1. The van der Waals surface area contributed by atoms with Crippen LogP contribution >= 0.6 is 0 Å². The van der Waals surface area contributed by atoms with Crippen molar-refractivity contribution in [2.75, 3.05) is 13.4 Å². The zero-order valence-corrected chi connectivity index (χ0v) is 18.0. The fourth-order valence-electron chi connectivity index (χ4n) is 4.50. The number of ether oxygens (including phenoxy) is 4. The fourth-order valence-corrected chi connectivity index (χ4v) is 4.50. The molecule has 0 N–H and O–H groups in total. The molecule has 0 saturated carbocycles. The van der Waals surface area contributed by atoms with E-state index in [1.54, 1.807) is 0 Å². The Labute approximate surface area is 194 Å². The van der Waals surface area contributed by atoms with Gasteiger partial charge >= 0.3 is 18.2 Å². The molecule has 171 valence electrons. The monoisotopic (exact) mass is 460 g/mol. The van der Waals surface area contributed by atoms with Crippen molar-refractivity contribution in [3.05, 3.63) is 93.0 Å². The van der Waals surface area contributed by atoms with Gasteiger partial charge in [-0.05, 0) is 34.4 Å². The lowest BCUT2D eigenvalue weighted by Gasteiger charge is -2.22. The molecule has 9 heteroatoms. The van der Waals surface area contributed by atoms with Crippen LogP contribution in [0, 0.1) is 10.1 Å². The number of carbonyl (C=O) groups is 1. The fraction of sp³-hybridized carbons (Fsp3) is 0.200. The number of fused-ring (bicyclic) bond motifs is 4. The number of rotatable bonds is 7. The molecule has 2 aliphatic rings. The Hall–Kier alpha value is -4.40. The highest BCUT2D eigenvalue weighted by Crippen LogP contribution is 2.46. The molecule has 0 aromatic heterocycles. The maximum atomic E-state index is 13.3. The van der Waals surface area contributed by atoms with Crippen LogP contribution in [0.4, 0.5) is 0 Å². The van der Waals surface area contributed by atoms with Crippen LogP contribution in [0.3, 0.4) is 0 Å². The van der Waals surface area contributed by atoms with Crippen LogP contribution in [0.2, 0.25) is 0 Å². The quantitative estimate of drug-likeness (QED) is 0.226. The minimum Gasteiger partial charge on any atom is -0.461 e. The maximum Gasteiger partial charge on any atom is 0.423 e. The lowest BCUT2D eigenvalue weighted by atomic mass is 9.96. The first-order chi connectivity index (χ1) is 16.5.